The van der Waals surface area contributed by atoms with Gasteiger partial charge in [0.15, 0.2) is 0 Å². The first-order chi connectivity index (χ1) is 7.39. The SMILES string of the molecule is CC(C)(C)C1(C)C=CC=CC(CN=C=O)C1. The Morgan fingerprint density at radius 3 is 2.69 bits per heavy atom. The molecule has 0 aromatic carbocycles. The van der Waals surface area contributed by atoms with Crippen LogP contribution in [-0.2, 0) is 4.79 Å². The fraction of sp³-hybridized carbons (Fsp3) is 0.643. The van der Waals surface area contributed by atoms with E-state index in [9.17, 15) is 4.79 Å². The van der Waals surface area contributed by atoms with E-state index in [0.29, 0.717) is 12.5 Å². The van der Waals surface area contributed by atoms with Crippen molar-refractivity contribution in [2.75, 3.05) is 6.54 Å². The third-order valence-electron chi connectivity index (χ3n) is 3.75. The average Bonchev–Trinajstić information content (AvgIpc) is 2.37. The van der Waals surface area contributed by atoms with Gasteiger partial charge in [0, 0.05) is 0 Å². The predicted octanol–water partition coefficient (Wildman–Crippen LogP) is 3.51. The summed E-state index contributed by atoms with van der Waals surface area (Å²) in [4.78, 5) is 13.9. The highest BCUT2D eigenvalue weighted by Gasteiger charge is 2.36. The van der Waals surface area contributed by atoms with Crippen LogP contribution in [0.1, 0.15) is 34.1 Å². The Kier molecular flexibility index (Phi) is 3.88. The maximum atomic E-state index is 10.2. The van der Waals surface area contributed by atoms with Gasteiger partial charge >= 0.3 is 0 Å². The van der Waals surface area contributed by atoms with Crippen molar-refractivity contribution in [2.24, 2.45) is 21.7 Å². The zero-order valence-electron chi connectivity index (χ0n) is 10.7. The van der Waals surface area contributed by atoms with Crippen LogP contribution in [0.2, 0.25) is 0 Å². The van der Waals surface area contributed by atoms with Gasteiger partial charge in [-0.1, -0.05) is 52.0 Å². The van der Waals surface area contributed by atoms with Crippen molar-refractivity contribution in [1.29, 1.82) is 0 Å². The van der Waals surface area contributed by atoms with Gasteiger partial charge in [0.05, 0.1) is 6.54 Å². The molecule has 0 radical (unpaired) electrons. The van der Waals surface area contributed by atoms with Gasteiger partial charge in [-0.05, 0) is 23.2 Å². The Hall–Kier alpha value is -1.14. The lowest BCUT2D eigenvalue weighted by Gasteiger charge is -2.41. The molecule has 0 aromatic rings. The fourth-order valence-electron chi connectivity index (χ4n) is 2.01. The highest BCUT2D eigenvalue weighted by atomic mass is 16.1. The van der Waals surface area contributed by atoms with Gasteiger partial charge in [-0.15, -0.1) is 0 Å². The summed E-state index contributed by atoms with van der Waals surface area (Å²) < 4.78 is 0. The maximum absolute atomic E-state index is 10.2. The number of allylic oxidation sites excluding steroid dienone is 3. The van der Waals surface area contributed by atoms with Gasteiger partial charge in [-0.3, -0.25) is 0 Å². The zero-order chi connectivity index (χ0) is 12.2. The Labute approximate surface area is 98.2 Å². The Bertz CT molecular complexity index is 342. The highest BCUT2D eigenvalue weighted by Crippen LogP contribution is 2.45. The summed E-state index contributed by atoms with van der Waals surface area (Å²) in [5.41, 5.74) is 0.345. The lowest BCUT2D eigenvalue weighted by atomic mass is 9.64. The van der Waals surface area contributed by atoms with Crippen molar-refractivity contribution < 1.29 is 4.79 Å². The van der Waals surface area contributed by atoms with Gasteiger partial charge in [0.25, 0.3) is 0 Å². The van der Waals surface area contributed by atoms with Crippen LogP contribution in [0.5, 0.6) is 0 Å². The van der Waals surface area contributed by atoms with Crippen LogP contribution in [0, 0.1) is 16.7 Å². The van der Waals surface area contributed by atoms with Crippen LogP contribution in [0.15, 0.2) is 29.3 Å². The molecule has 2 nitrogen and oxygen atoms in total. The lowest BCUT2D eigenvalue weighted by molar-refractivity contribution is 0.141. The zero-order valence-corrected chi connectivity index (χ0v) is 10.7. The molecule has 0 aliphatic heterocycles. The Balaban J connectivity index is 2.87. The molecule has 16 heavy (non-hydrogen) atoms. The molecule has 1 aliphatic carbocycles. The minimum absolute atomic E-state index is 0.138. The third kappa shape index (κ3) is 2.93. The van der Waals surface area contributed by atoms with Gasteiger partial charge in [-0.25, -0.2) is 9.79 Å². The highest BCUT2D eigenvalue weighted by molar-refractivity contribution is 5.33. The van der Waals surface area contributed by atoms with E-state index < -0.39 is 0 Å². The number of aliphatic imine (C=N–C) groups is 1. The maximum Gasteiger partial charge on any atom is 0.234 e. The molecule has 1 aliphatic rings. The van der Waals surface area contributed by atoms with Crippen LogP contribution in [0.25, 0.3) is 0 Å². The molecule has 0 saturated carbocycles. The molecule has 0 aromatic heterocycles. The summed E-state index contributed by atoms with van der Waals surface area (Å²) >= 11 is 0. The summed E-state index contributed by atoms with van der Waals surface area (Å²) in [6.07, 6.45) is 11.2. The summed E-state index contributed by atoms with van der Waals surface area (Å²) in [7, 11) is 0. The summed E-state index contributed by atoms with van der Waals surface area (Å²) in [5, 5.41) is 0. The number of rotatable bonds is 2. The van der Waals surface area contributed by atoms with Gasteiger partial charge < -0.3 is 0 Å². The molecule has 0 heterocycles. The molecule has 1 rings (SSSR count). The molecule has 0 N–H and O–H groups in total. The van der Waals surface area contributed by atoms with E-state index in [2.05, 4.69) is 57.0 Å². The van der Waals surface area contributed by atoms with Crippen LogP contribution in [-0.4, -0.2) is 12.6 Å². The molecule has 88 valence electrons. The van der Waals surface area contributed by atoms with E-state index in [0.717, 1.165) is 6.42 Å². The quantitative estimate of drug-likeness (QED) is 0.516. The minimum atomic E-state index is 0.138. The fourth-order valence-corrected chi connectivity index (χ4v) is 2.01. The second-order valence-electron chi connectivity index (χ2n) is 5.81. The van der Waals surface area contributed by atoms with Crippen LogP contribution in [0.4, 0.5) is 0 Å². The Morgan fingerprint density at radius 1 is 1.44 bits per heavy atom. The van der Waals surface area contributed by atoms with E-state index in [-0.39, 0.29) is 10.8 Å². The lowest BCUT2D eigenvalue weighted by Crippen LogP contribution is -2.32. The van der Waals surface area contributed by atoms with Crippen molar-refractivity contribution in [2.45, 2.75) is 34.1 Å². The summed E-state index contributed by atoms with van der Waals surface area (Å²) in [5.74, 6) is 0.334. The van der Waals surface area contributed by atoms with Gasteiger partial charge in [0.2, 0.25) is 6.08 Å². The Morgan fingerprint density at radius 2 is 2.12 bits per heavy atom. The molecule has 0 spiro atoms. The molecule has 2 unspecified atom stereocenters. The van der Waals surface area contributed by atoms with E-state index in [1.807, 2.05) is 0 Å². The predicted molar refractivity (Wildman–Crippen MR) is 66.9 cm³/mol. The van der Waals surface area contributed by atoms with E-state index in [1.165, 1.54) is 0 Å². The van der Waals surface area contributed by atoms with Crippen LogP contribution < -0.4 is 0 Å². The standard InChI is InChI=1S/C14H21NO/c1-13(2,3)14(4)8-6-5-7-12(9-14)10-15-11-16/h5-8,12H,9-10H2,1-4H3. The van der Waals surface area contributed by atoms with E-state index >= 15 is 0 Å². The second-order valence-corrected chi connectivity index (χ2v) is 5.81. The number of isocyanates is 1. The van der Waals surface area contributed by atoms with Gasteiger partial charge in [0.1, 0.15) is 0 Å². The first-order valence-electron chi connectivity index (χ1n) is 5.79. The normalized spacial score (nSPS) is 29.6. The molecular weight excluding hydrogens is 198 g/mol. The van der Waals surface area contributed by atoms with Crippen LogP contribution in [0.3, 0.4) is 0 Å². The monoisotopic (exact) mass is 219 g/mol. The van der Waals surface area contributed by atoms with Crippen molar-refractivity contribution in [3.8, 4) is 0 Å². The number of nitrogens with zero attached hydrogens (tertiary/aromatic N) is 1. The second kappa shape index (κ2) is 4.80. The first-order valence-corrected chi connectivity index (χ1v) is 5.79. The number of carbonyl (C=O) groups excluding carboxylic acids is 1. The smallest absolute Gasteiger partial charge is 0.211 e. The average molecular weight is 219 g/mol. The molecule has 0 fully saturated rings. The van der Waals surface area contributed by atoms with Crippen molar-refractivity contribution in [1.82, 2.24) is 0 Å². The van der Waals surface area contributed by atoms with Gasteiger partial charge in [-0.2, -0.15) is 0 Å². The molecule has 0 saturated heterocycles. The topological polar surface area (TPSA) is 29.4 Å². The number of hydrogen-bond acceptors (Lipinski definition) is 2. The molecular formula is C14H21NO. The van der Waals surface area contributed by atoms with Crippen molar-refractivity contribution in [3.63, 3.8) is 0 Å². The van der Waals surface area contributed by atoms with E-state index in [4.69, 9.17) is 0 Å². The molecule has 2 atom stereocenters. The first kappa shape index (κ1) is 12.9. The van der Waals surface area contributed by atoms with Crippen molar-refractivity contribution in [3.05, 3.63) is 24.3 Å². The minimum Gasteiger partial charge on any atom is -0.211 e. The van der Waals surface area contributed by atoms with Crippen LogP contribution >= 0.6 is 0 Å². The molecule has 2 heteroatoms. The van der Waals surface area contributed by atoms with Crippen molar-refractivity contribution >= 4 is 6.08 Å². The number of hydrogen-bond donors (Lipinski definition) is 0. The third-order valence-corrected chi connectivity index (χ3v) is 3.75. The summed E-state index contributed by atoms with van der Waals surface area (Å²) in [6.45, 7) is 9.58. The van der Waals surface area contributed by atoms with E-state index in [1.54, 1.807) is 6.08 Å². The summed E-state index contributed by atoms with van der Waals surface area (Å²) in [6, 6.07) is 0. The molecule has 0 bridgehead atoms. The molecule has 0 amide bonds. The largest absolute Gasteiger partial charge is 0.234 e.